The summed E-state index contributed by atoms with van der Waals surface area (Å²) in [5, 5.41) is 10.7. The molecule has 1 aliphatic rings. The van der Waals surface area contributed by atoms with Crippen LogP contribution < -0.4 is 0 Å². The minimum atomic E-state index is -0.668. The summed E-state index contributed by atoms with van der Waals surface area (Å²) >= 11 is 0. The quantitative estimate of drug-likeness (QED) is 0.319. The maximum atomic E-state index is 10.8. The Bertz CT molecular complexity index is 466. The van der Waals surface area contributed by atoms with Crippen LogP contribution in [0.2, 0.25) is 0 Å². The summed E-state index contributed by atoms with van der Waals surface area (Å²) in [6.07, 6.45) is -0.668. The molecule has 0 N–H and O–H groups in total. The number of nitro benzene ring substituents is 1. The van der Waals surface area contributed by atoms with Crippen LogP contribution in [0.15, 0.2) is 36.4 Å². The third-order valence-corrected chi connectivity index (χ3v) is 2.22. The number of nitrogens with zero attached hydrogens (tertiary/aromatic N) is 1. The van der Waals surface area contributed by atoms with E-state index >= 15 is 0 Å². The minimum absolute atomic E-state index is 0.0591. The first-order valence-corrected chi connectivity index (χ1v) is 4.24. The van der Waals surface area contributed by atoms with E-state index in [0.29, 0.717) is 5.56 Å². The first kappa shape index (κ1) is 9.39. The van der Waals surface area contributed by atoms with Crippen LogP contribution in [0.5, 0.6) is 0 Å². The lowest BCUT2D eigenvalue weighted by Gasteiger charge is -2.27. The smallest absolute Gasteiger partial charge is 0.338 e. The van der Waals surface area contributed by atoms with Crippen molar-refractivity contribution in [1.82, 2.24) is 0 Å². The van der Waals surface area contributed by atoms with E-state index in [9.17, 15) is 14.9 Å². The summed E-state index contributed by atoms with van der Waals surface area (Å²) in [5.41, 5.74) is 0.563. The number of nitro groups is 1. The maximum absolute atomic E-state index is 10.8. The first-order chi connectivity index (χ1) is 7.11. The summed E-state index contributed by atoms with van der Waals surface area (Å²) in [6, 6.07) is 6.14. The van der Waals surface area contributed by atoms with E-state index in [2.05, 4.69) is 6.58 Å². The van der Waals surface area contributed by atoms with Gasteiger partial charge in [-0.15, -0.1) is 0 Å². The second-order valence-corrected chi connectivity index (χ2v) is 3.13. The van der Waals surface area contributed by atoms with Gasteiger partial charge in [0.2, 0.25) is 0 Å². The van der Waals surface area contributed by atoms with E-state index < -0.39 is 17.0 Å². The molecule has 76 valence electrons. The number of carbonyl (C=O) groups is 1. The molecular weight excluding hydrogens is 198 g/mol. The number of carbonyl (C=O) groups excluding carboxylic acids is 1. The molecule has 5 nitrogen and oxygen atoms in total. The van der Waals surface area contributed by atoms with Crippen molar-refractivity contribution in [2.45, 2.75) is 6.10 Å². The van der Waals surface area contributed by atoms with E-state index in [-0.39, 0.29) is 11.3 Å². The molecule has 0 amide bonds. The zero-order valence-corrected chi connectivity index (χ0v) is 7.67. The highest BCUT2D eigenvalue weighted by atomic mass is 16.6. The fourth-order valence-electron chi connectivity index (χ4n) is 1.43. The third kappa shape index (κ3) is 1.38. The van der Waals surface area contributed by atoms with Crippen LogP contribution in [0.25, 0.3) is 0 Å². The third-order valence-electron chi connectivity index (χ3n) is 2.22. The van der Waals surface area contributed by atoms with Crippen molar-refractivity contribution in [3.63, 3.8) is 0 Å². The summed E-state index contributed by atoms with van der Waals surface area (Å²) in [5.74, 6) is -0.502. The van der Waals surface area contributed by atoms with Crippen molar-refractivity contribution in [2.24, 2.45) is 0 Å². The number of rotatable bonds is 2. The minimum Gasteiger partial charge on any atom is -0.449 e. The average Bonchev–Trinajstić information content (AvgIpc) is 2.25. The van der Waals surface area contributed by atoms with Gasteiger partial charge in [0, 0.05) is 6.07 Å². The molecule has 15 heavy (non-hydrogen) atoms. The standard InChI is InChI=1S/C10H7NO4/c1-6-9(15-10(6)12)7-4-2-3-5-8(7)11(13)14/h2-5,9H,1H2. The Morgan fingerprint density at radius 2 is 2.07 bits per heavy atom. The lowest BCUT2D eigenvalue weighted by Crippen LogP contribution is -2.29. The number of cyclic esters (lactones) is 1. The number of hydrogen-bond donors (Lipinski definition) is 0. The van der Waals surface area contributed by atoms with Crippen LogP contribution in [0.1, 0.15) is 11.7 Å². The Labute approximate surface area is 85.1 Å². The van der Waals surface area contributed by atoms with Crippen LogP contribution in [0.3, 0.4) is 0 Å². The highest BCUT2D eigenvalue weighted by molar-refractivity contribution is 5.95. The number of hydrogen-bond acceptors (Lipinski definition) is 4. The molecule has 0 aromatic heterocycles. The van der Waals surface area contributed by atoms with Gasteiger partial charge in [-0.2, -0.15) is 0 Å². The second-order valence-electron chi connectivity index (χ2n) is 3.13. The number of benzene rings is 1. The molecule has 0 radical (unpaired) electrons. The fraction of sp³-hybridized carbons (Fsp3) is 0.100. The lowest BCUT2D eigenvalue weighted by atomic mass is 9.97. The Hall–Kier alpha value is -2.17. The van der Waals surface area contributed by atoms with Crippen LogP contribution in [0.4, 0.5) is 5.69 Å². The van der Waals surface area contributed by atoms with E-state index in [4.69, 9.17) is 4.74 Å². The Morgan fingerprint density at radius 3 is 2.60 bits per heavy atom. The van der Waals surface area contributed by atoms with Gasteiger partial charge in [-0.25, -0.2) is 4.79 Å². The average molecular weight is 205 g/mol. The highest BCUT2D eigenvalue weighted by Crippen LogP contribution is 2.38. The maximum Gasteiger partial charge on any atom is 0.338 e. The lowest BCUT2D eigenvalue weighted by molar-refractivity contribution is -0.386. The first-order valence-electron chi connectivity index (χ1n) is 4.24. The van der Waals surface area contributed by atoms with Crippen molar-refractivity contribution in [1.29, 1.82) is 0 Å². The van der Waals surface area contributed by atoms with Gasteiger partial charge < -0.3 is 4.74 Å². The monoisotopic (exact) mass is 205 g/mol. The molecule has 1 unspecified atom stereocenters. The largest absolute Gasteiger partial charge is 0.449 e. The molecule has 2 rings (SSSR count). The van der Waals surface area contributed by atoms with Gasteiger partial charge in [0.15, 0.2) is 6.10 Å². The molecule has 1 saturated heterocycles. The van der Waals surface area contributed by atoms with Crippen LogP contribution in [-0.2, 0) is 9.53 Å². The van der Waals surface area contributed by atoms with Crippen molar-refractivity contribution in [2.75, 3.05) is 0 Å². The molecule has 0 bridgehead atoms. The van der Waals surface area contributed by atoms with Crippen molar-refractivity contribution >= 4 is 11.7 Å². The van der Waals surface area contributed by atoms with Crippen LogP contribution in [0, 0.1) is 10.1 Å². The van der Waals surface area contributed by atoms with E-state index in [1.807, 2.05) is 0 Å². The van der Waals surface area contributed by atoms with Gasteiger partial charge in [0.05, 0.1) is 16.1 Å². The van der Waals surface area contributed by atoms with Crippen molar-refractivity contribution in [3.8, 4) is 0 Å². The summed E-state index contributed by atoms with van der Waals surface area (Å²) in [6.45, 7) is 3.50. The molecule has 1 aromatic rings. The van der Waals surface area contributed by atoms with Crippen molar-refractivity contribution in [3.05, 3.63) is 52.1 Å². The zero-order chi connectivity index (χ0) is 11.0. The van der Waals surface area contributed by atoms with Crippen LogP contribution in [-0.4, -0.2) is 10.9 Å². The summed E-state index contributed by atoms with van der Waals surface area (Å²) < 4.78 is 4.79. The zero-order valence-electron chi connectivity index (χ0n) is 7.67. The predicted molar refractivity (Wildman–Crippen MR) is 51.1 cm³/mol. The Kier molecular flexibility index (Phi) is 2.00. The molecule has 0 saturated carbocycles. The molecule has 1 heterocycles. The van der Waals surface area contributed by atoms with E-state index in [1.165, 1.54) is 6.07 Å². The van der Waals surface area contributed by atoms with Gasteiger partial charge >= 0.3 is 5.97 Å². The molecule has 0 spiro atoms. The van der Waals surface area contributed by atoms with Gasteiger partial charge in [0.1, 0.15) is 0 Å². The molecule has 1 fully saturated rings. The normalized spacial score (nSPS) is 19.3. The van der Waals surface area contributed by atoms with E-state index in [1.54, 1.807) is 18.2 Å². The summed E-state index contributed by atoms with van der Waals surface area (Å²) in [4.78, 5) is 21.0. The SMILES string of the molecule is C=C1C(=O)OC1c1ccccc1[N+](=O)[O-]. The van der Waals surface area contributed by atoms with Crippen LogP contribution >= 0.6 is 0 Å². The summed E-state index contributed by atoms with van der Waals surface area (Å²) in [7, 11) is 0. The van der Waals surface area contributed by atoms with Gasteiger partial charge in [-0.1, -0.05) is 18.7 Å². The number of ether oxygens (including phenoxy) is 1. The molecular formula is C10H7NO4. The fourth-order valence-corrected chi connectivity index (χ4v) is 1.43. The molecule has 1 aliphatic heterocycles. The molecule has 1 aromatic carbocycles. The van der Waals surface area contributed by atoms with Crippen molar-refractivity contribution < 1.29 is 14.5 Å². The molecule has 1 atom stereocenters. The highest BCUT2D eigenvalue weighted by Gasteiger charge is 2.38. The number of para-hydroxylation sites is 1. The Balaban J connectivity index is 2.41. The van der Waals surface area contributed by atoms with Gasteiger partial charge in [-0.3, -0.25) is 10.1 Å². The van der Waals surface area contributed by atoms with E-state index in [0.717, 1.165) is 0 Å². The second kappa shape index (κ2) is 3.20. The van der Waals surface area contributed by atoms with Gasteiger partial charge in [-0.05, 0) is 6.07 Å². The van der Waals surface area contributed by atoms with Gasteiger partial charge in [0.25, 0.3) is 5.69 Å². The predicted octanol–water partition coefficient (Wildman–Crippen LogP) is 1.75. The molecule has 5 heteroatoms. The Morgan fingerprint density at radius 1 is 1.40 bits per heavy atom. The molecule has 0 aliphatic carbocycles. The number of esters is 1. The topological polar surface area (TPSA) is 69.4 Å².